The van der Waals surface area contributed by atoms with Crippen LogP contribution in [0.5, 0.6) is 0 Å². The zero-order valence-electron chi connectivity index (χ0n) is 17.8. The molecule has 2 N–H and O–H groups in total. The first-order valence-corrected chi connectivity index (χ1v) is 11.4. The van der Waals surface area contributed by atoms with Crippen LogP contribution >= 0.6 is 11.8 Å². The molecule has 4 rings (SSSR count). The molecule has 1 heterocycles. The van der Waals surface area contributed by atoms with Gasteiger partial charge in [0.2, 0.25) is 0 Å². The Bertz CT molecular complexity index is 1370. The summed E-state index contributed by atoms with van der Waals surface area (Å²) >= 11 is 1.61. The third-order valence-electron chi connectivity index (χ3n) is 4.97. The molecule has 7 nitrogen and oxygen atoms in total. The number of rotatable bonds is 7. The predicted octanol–water partition coefficient (Wildman–Crippen LogP) is 4.03. The summed E-state index contributed by atoms with van der Waals surface area (Å²) in [5.74, 6) is -0.620. The number of carbonyl (C=O) groups excluding carboxylic acids is 2. The summed E-state index contributed by atoms with van der Waals surface area (Å²) in [6.45, 7) is -0.414. The Morgan fingerprint density at radius 2 is 1.73 bits per heavy atom. The van der Waals surface area contributed by atoms with Gasteiger partial charge in [-0.05, 0) is 54.3 Å². The van der Waals surface area contributed by atoms with Crippen LogP contribution < -0.4 is 10.9 Å². The molecule has 1 aromatic heterocycles. The normalized spacial score (nSPS) is 10.7. The summed E-state index contributed by atoms with van der Waals surface area (Å²) in [6, 6.07) is 21.3. The van der Waals surface area contributed by atoms with Crippen molar-refractivity contribution in [3.05, 3.63) is 100 Å². The third-order valence-corrected chi connectivity index (χ3v) is 5.71. The number of fused-ring (bicyclic) bond motifs is 1. The van der Waals surface area contributed by atoms with Crippen molar-refractivity contribution in [3.8, 4) is 0 Å². The van der Waals surface area contributed by atoms with Gasteiger partial charge >= 0.3 is 5.97 Å². The second kappa shape index (κ2) is 10.1. The highest BCUT2D eigenvalue weighted by Gasteiger charge is 2.16. The van der Waals surface area contributed by atoms with Gasteiger partial charge in [-0.25, -0.2) is 9.78 Å². The fraction of sp³-hybridized carbons (Fsp3) is 0.120. The quantitative estimate of drug-likeness (QED) is 0.320. The molecule has 0 aliphatic heterocycles. The van der Waals surface area contributed by atoms with E-state index in [1.807, 2.05) is 24.5 Å². The maximum Gasteiger partial charge on any atom is 0.338 e. The van der Waals surface area contributed by atoms with E-state index in [1.54, 1.807) is 66.4 Å². The van der Waals surface area contributed by atoms with Gasteiger partial charge in [0.15, 0.2) is 6.61 Å². The first-order chi connectivity index (χ1) is 16.0. The number of hydrogen-bond acceptors (Lipinski definition) is 6. The first-order valence-electron chi connectivity index (χ1n) is 10.2. The van der Waals surface area contributed by atoms with E-state index >= 15 is 0 Å². The van der Waals surface area contributed by atoms with Gasteiger partial charge in [0.05, 0.1) is 16.5 Å². The van der Waals surface area contributed by atoms with Gasteiger partial charge in [-0.2, -0.15) is 0 Å². The van der Waals surface area contributed by atoms with Gasteiger partial charge in [-0.15, -0.1) is 11.8 Å². The lowest BCUT2D eigenvalue weighted by atomic mass is 10.0. The molecule has 166 valence electrons. The minimum Gasteiger partial charge on any atom is -0.452 e. The van der Waals surface area contributed by atoms with Crippen LogP contribution in [0.4, 0.5) is 5.69 Å². The van der Waals surface area contributed by atoms with Gasteiger partial charge < -0.3 is 15.0 Å². The van der Waals surface area contributed by atoms with E-state index in [-0.39, 0.29) is 12.0 Å². The smallest absolute Gasteiger partial charge is 0.338 e. The Morgan fingerprint density at radius 3 is 2.52 bits per heavy atom. The van der Waals surface area contributed by atoms with Crippen LogP contribution in [0.3, 0.4) is 0 Å². The van der Waals surface area contributed by atoms with Gasteiger partial charge in [0.25, 0.3) is 11.5 Å². The van der Waals surface area contributed by atoms with Gasteiger partial charge in [0, 0.05) is 17.0 Å². The van der Waals surface area contributed by atoms with Crippen molar-refractivity contribution in [2.75, 3.05) is 18.2 Å². The van der Waals surface area contributed by atoms with E-state index in [0.717, 1.165) is 4.90 Å². The summed E-state index contributed by atoms with van der Waals surface area (Å²) in [5.41, 5.74) is 1.91. The van der Waals surface area contributed by atoms with Crippen LogP contribution in [0, 0.1) is 0 Å². The summed E-state index contributed by atoms with van der Waals surface area (Å²) in [5, 5.41) is 3.21. The number of amides is 1. The number of nitrogens with zero attached hydrogens (tertiary/aromatic N) is 1. The van der Waals surface area contributed by atoms with E-state index < -0.39 is 18.5 Å². The zero-order chi connectivity index (χ0) is 23.2. The molecule has 0 unspecified atom stereocenters. The van der Waals surface area contributed by atoms with Crippen LogP contribution in [0.25, 0.3) is 10.9 Å². The lowest BCUT2D eigenvalue weighted by Crippen LogP contribution is -2.21. The zero-order valence-corrected chi connectivity index (χ0v) is 18.6. The Kier molecular flexibility index (Phi) is 6.85. The van der Waals surface area contributed by atoms with Crippen LogP contribution in [0.1, 0.15) is 21.7 Å². The number of hydrogen-bond donors (Lipinski definition) is 2. The second-order valence-electron chi connectivity index (χ2n) is 7.22. The molecule has 0 aliphatic rings. The highest BCUT2D eigenvalue weighted by Crippen LogP contribution is 2.18. The molecular formula is C25H21N3O4S. The van der Waals surface area contributed by atoms with Crippen molar-refractivity contribution in [1.29, 1.82) is 0 Å². The van der Waals surface area contributed by atoms with E-state index in [4.69, 9.17) is 4.74 Å². The number of para-hydroxylation sites is 1. The maximum absolute atomic E-state index is 12.7. The Morgan fingerprint density at radius 1 is 1.00 bits per heavy atom. The number of carbonyl (C=O) groups is 2. The highest BCUT2D eigenvalue weighted by atomic mass is 32.2. The van der Waals surface area contributed by atoms with Crippen LogP contribution in [-0.2, 0) is 16.0 Å². The lowest BCUT2D eigenvalue weighted by molar-refractivity contribution is -0.119. The molecule has 0 saturated heterocycles. The standard InChI is InChI=1S/C25H21N3O4S/c1-33-18-12-10-17(11-13-18)26-23(29)15-32-25(31)19-7-3-2-6-16(19)14-22-27-21-9-5-4-8-20(21)24(30)28-22/h2-13H,14-15H2,1H3,(H,26,29)(H,27,28,30). The summed E-state index contributed by atoms with van der Waals surface area (Å²) in [6.07, 6.45) is 2.21. The Hall–Kier alpha value is -3.91. The molecule has 8 heteroatoms. The molecule has 0 radical (unpaired) electrons. The van der Waals surface area contributed by atoms with E-state index in [2.05, 4.69) is 15.3 Å². The minimum absolute atomic E-state index is 0.235. The molecule has 4 aromatic rings. The average Bonchev–Trinajstić information content (AvgIpc) is 2.83. The largest absolute Gasteiger partial charge is 0.452 e. The SMILES string of the molecule is CSc1ccc(NC(=O)COC(=O)c2ccccc2Cc2nc3ccccc3c(=O)[nH]2)cc1. The summed E-state index contributed by atoms with van der Waals surface area (Å²) < 4.78 is 5.23. The van der Waals surface area contributed by atoms with Crippen LogP contribution in [-0.4, -0.2) is 34.7 Å². The van der Waals surface area contributed by atoms with Gasteiger partial charge in [-0.3, -0.25) is 9.59 Å². The Balaban J connectivity index is 1.44. The van der Waals surface area contributed by atoms with Gasteiger partial charge in [0.1, 0.15) is 5.82 Å². The summed E-state index contributed by atoms with van der Waals surface area (Å²) in [7, 11) is 0. The predicted molar refractivity (Wildman–Crippen MR) is 129 cm³/mol. The number of ether oxygens (including phenoxy) is 1. The van der Waals surface area contributed by atoms with Crippen molar-refractivity contribution in [2.45, 2.75) is 11.3 Å². The molecule has 0 bridgehead atoms. The lowest BCUT2D eigenvalue weighted by Gasteiger charge is -2.10. The number of esters is 1. The molecular weight excluding hydrogens is 438 g/mol. The van der Waals surface area contributed by atoms with Crippen molar-refractivity contribution in [2.24, 2.45) is 0 Å². The number of H-pyrrole nitrogens is 1. The maximum atomic E-state index is 12.7. The number of benzene rings is 3. The molecule has 0 spiro atoms. The summed E-state index contributed by atoms with van der Waals surface area (Å²) in [4.78, 5) is 45.6. The van der Waals surface area contributed by atoms with Crippen molar-refractivity contribution < 1.29 is 14.3 Å². The molecule has 0 atom stereocenters. The van der Waals surface area contributed by atoms with Crippen molar-refractivity contribution >= 4 is 40.2 Å². The highest BCUT2D eigenvalue weighted by molar-refractivity contribution is 7.98. The fourth-order valence-corrected chi connectivity index (χ4v) is 3.76. The van der Waals surface area contributed by atoms with Crippen molar-refractivity contribution in [3.63, 3.8) is 0 Å². The van der Waals surface area contributed by atoms with Gasteiger partial charge in [-0.1, -0.05) is 30.3 Å². The molecule has 0 saturated carbocycles. The number of nitrogens with one attached hydrogen (secondary N) is 2. The molecule has 3 aromatic carbocycles. The monoisotopic (exact) mass is 459 g/mol. The third kappa shape index (κ3) is 5.48. The molecule has 0 aliphatic carbocycles. The van der Waals surface area contributed by atoms with Crippen molar-refractivity contribution in [1.82, 2.24) is 9.97 Å². The average molecular weight is 460 g/mol. The number of aromatic amines is 1. The van der Waals surface area contributed by atoms with Crippen LogP contribution in [0.2, 0.25) is 0 Å². The van der Waals surface area contributed by atoms with Crippen LogP contribution in [0.15, 0.2) is 82.5 Å². The number of anilines is 1. The number of thioether (sulfide) groups is 1. The van der Waals surface area contributed by atoms with E-state index in [9.17, 15) is 14.4 Å². The topological polar surface area (TPSA) is 101 Å². The molecule has 0 fully saturated rings. The molecule has 33 heavy (non-hydrogen) atoms. The first kappa shape index (κ1) is 22.3. The fourth-order valence-electron chi connectivity index (χ4n) is 3.35. The molecule has 1 amide bonds. The second-order valence-corrected chi connectivity index (χ2v) is 8.10. The van der Waals surface area contributed by atoms with E-state index in [0.29, 0.717) is 33.5 Å². The Labute approximate surface area is 194 Å². The van der Waals surface area contributed by atoms with E-state index in [1.165, 1.54) is 0 Å². The number of aromatic nitrogens is 2. The minimum atomic E-state index is -0.624.